The second-order valence-electron chi connectivity index (χ2n) is 2.33. The summed E-state index contributed by atoms with van der Waals surface area (Å²) in [6.45, 7) is 5.26. The summed E-state index contributed by atoms with van der Waals surface area (Å²) in [6.07, 6.45) is 1.44. The fraction of sp³-hybridized carbons (Fsp3) is 0.500. The van der Waals surface area contributed by atoms with E-state index in [0.29, 0.717) is 5.76 Å². The van der Waals surface area contributed by atoms with Crippen molar-refractivity contribution < 1.29 is 9.13 Å². The Morgan fingerprint density at radius 2 is 1.80 bits per heavy atom. The van der Waals surface area contributed by atoms with Gasteiger partial charge in [0.25, 0.3) is 0 Å². The summed E-state index contributed by atoms with van der Waals surface area (Å²) in [7, 11) is 1.45. The van der Waals surface area contributed by atoms with Crippen molar-refractivity contribution in [3.63, 3.8) is 0 Å². The van der Waals surface area contributed by atoms with Gasteiger partial charge in [-0.2, -0.15) is 0 Å². The second-order valence-corrected chi connectivity index (χ2v) is 2.33. The molecule has 0 amide bonds. The molecule has 0 aromatic rings. The maximum atomic E-state index is 12.7. The van der Waals surface area contributed by atoms with Gasteiger partial charge < -0.3 is 4.74 Å². The number of hydrogen-bond acceptors (Lipinski definition) is 1. The van der Waals surface area contributed by atoms with E-state index in [1.54, 1.807) is 6.92 Å². The Labute approximate surface area is 61.2 Å². The first kappa shape index (κ1) is 9.21. The van der Waals surface area contributed by atoms with Crippen LogP contribution in [0.15, 0.2) is 23.2 Å². The fourth-order valence-corrected chi connectivity index (χ4v) is 0.453. The molecule has 2 heteroatoms. The lowest BCUT2D eigenvalue weighted by Crippen LogP contribution is -1.82. The summed E-state index contributed by atoms with van der Waals surface area (Å²) in [4.78, 5) is 0. The number of methoxy groups -OCH3 is 1. The van der Waals surface area contributed by atoms with Gasteiger partial charge in [-0.15, -0.1) is 0 Å². The monoisotopic (exact) mass is 144 g/mol. The van der Waals surface area contributed by atoms with Crippen LogP contribution >= 0.6 is 0 Å². The molecule has 0 aliphatic rings. The molecule has 10 heavy (non-hydrogen) atoms. The molecule has 0 unspecified atom stereocenters. The molecule has 0 bridgehead atoms. The minimum atomic E-state index is -0.303. The van der Waals surface area contributed by atoms with Crippen LogP contribution in [-0.2, 0) is 4.74 Å². The SMILES string of the molecule is CO/C(C)=C(\F)C=C(C)C. The van der Waals surface area contributed by atoms with Gasteiger partial charge in [0.05, 0.1) is 7.11 Å². The van der Waals surface area contributed by atoms with Crippen molar-refractivity contribution in [1.82, 2.24) is 0 Å². The third-order valence-electron chi connectivity index (χ3n) is 1.06. The van der Waals surface area contributed by atoms with Crippen LogP contribution < -0.4 is 0 Å². The van der Waals surface area contributed by atoms with Crippen molar-refractivity contribution in [2.75, 3.05) is 7.11 Å². The van der Waals surface area contributed by atoms with Gasteiger partial charge in [0.15, 0.2) is 5.83 Å². The van der Waals surface area contributed by atoms with Gasteiger partial charge in [-0.1, -0.05) is 5.57 Å². The van der Waals surface area contributed by atoms with E-state index in [0.717, 1.165) is 5.57 Å². The highest BCUT2D eigenvalue weighted by molar-refractivity contribution is 5.17. The lowest BCUT2D eigenvalue weighted by Gasteiger charge is -1.98. The Kier molecular flexibility index (Phi) is 3.77. The van der Waals surface area contributed by atoms with Crippen LogP contribution in [0.25, 0.3) is 0 Å². The summed E-state index contributed by atoms with van der Waals surface area (Å²) in [6, 6.07) is 0. The van der Waals surface area contributed by atoms with Gasteiger partial charge in [-0.05, 0) is 26.8 Å². The van der Waals surface area contributed by atoms with Crippen molar-refractivity contribution in [1.29, 1.82) is 0 Å². The van der Waals surface area contributed by atoms with E-state index in [9.17, 15) is 4.39 Å². The first-order valence-corrected chi connectivity index (χ1v) is 3.13. The minimum Gasteiger partial charge on any atom is -0.498 e. The first-order valence-electron chi connectivity index (χ1n) is 3.13. The average molecular weight is 144 g/mol. The Hall–Kier alpha value is -0.790. The zero-order valence-corrected chi connectivity index (χ0v) is 6.86. The number of rotatable bonds is 2. The predicted molar refractivity (Wildman–Crippen MR) is 40.2 cm³/mol. The average Bonchev–Trinajstić information content (AvgIpc) is 1.85. The van der Waals surface area contributed by atoms with Crippen LogP contribution in [0.5, 0.6) is 0 Å². The zero-order chi connectivity index (χ0) is 8.15. The Morgan fingerprint density at radius 3 is 2.10 bits per heavy atom. The summed E-state index contributed by atoms with van der Waals surface area (Å²) in [5, 5.41) is 0. The Balaban J connectivity index is 4.33. The van der Waals surface area contributed by atoms with Gasteiger partial charge in [0.2, 0.25) is 0 Å². The van der Waals surface area contributed by atoms with E-state index < -0.39 is 0 Å². The molecule has 0 spiro atoms. The number of ether oxygens (including phenoxy) is 1. The highest BCUT2D eigenvalue weighted by Crippen LogP contribution is 2.09. The molecule has 0 saturated heterocycles. The summed E-state index contributed by atoms with van der Waals surface area (Å²) < 4.78 is 17.4. The maximum absolute atomic E-state index is 12.7. The molecule has 0 aromatic heterocycles. The highest BCUT2D eigenvalue weighted by atomic mass is 19.1. The van der Waals surface area contributed by atoms with Crippen LogP contribution in [0.4, 0.5) is 4.39 Å². The van der Waals surface area contributed by atoms with Crippen LogP contribution in [0.1, 0.15) is 20.8 Å². The lowest BCUT2D eigenvalue weighted by atomic mass is 10.3. The van der Waals surface area contributed by atoms with E-state index in [2.05, 4.69) is 4.74 Å². The van der Waals surface area contributed by atoms with Crippen molar-refractivity contribution >= 4 is 0 Å². The van der Waals surface area contributed by atoms with Crippen molar-refractivity contribution in [3.05, 3.63) is 23.2 Å². The number of halogens is 1. The van der Waals surface area contributed by atoms with Crippen LogP contribution in [-0.4, -0.2) is 7.11 Å². The standard InChI is InChI=1S/C8H13FO/c1-6(2)5-8(9)7(3)10-4/h5H,1-4H3/b8-7-. The summed E-state index contributed by atoms with van der Waals surface area (Å²) in [5.41, 5.74) is 0.925. The topological polar surface area (TPSA) is 9.23 Å². The van der Waals surface area contributed by atoms with Crippen molar-refractivity contribution in [3.8, 4) is 0 Å². The first-order chi connectivity index (χ1) is 4.57. The molecule has 0 aliphatic carbocycles. The molecule has 1 nitrogen and oxygen atoms in total. The molecule has 0 aliphatic heterocycles. The van der Waals surface area contributed by atoms with Crippen LogP contribution in [0, 0.1) is 0 Å². The normalized spacial score (nSPS) is 12.1. The molecule has 0 N–H and O–H groups in total. The quantitative estimate of drug-likeness (QED) is 0.427. The highest BCUT2D eigenvalue weighted by Gasteiger charge is 1.95. The maximum Gasteiger partial charge on any atom is 0.160 e. The molecular formula is C8H13FO. The van der Waals surface area contributed by atoms with E-state index >= 15 is 0 Å². The van der Waals surface area contributed by atoms with Gasteiger partial charge in [-0.25, -0.2) is 4.39 Å². The molecule has 0 aromatic carbocycles. The minimum absolute atomic E-state index is 0.303. The Morgan fingerprint density at radius 1 is 1.30 bits per heavy atom. The largest absolute Gasteiger partial charge is 0.498 e. The molecule has 58 valence electrons. The predicted octanol–water partition coefficient (Wildman–Crippen LogP) is 2.80. The number of hydrogen-bond donors (Lipinski definition) is 0. The molecular weight excluding hydrogens is 131 g/mol. The molecule has 0 radical (unpaired) electrons. The van der Waals surface area contributed by atoms with E-state index in [4.69, 9.17) is 0 Å². The molecule has 0 fully saturated rings. The molecule has 0 atom stereocenters. The third kappa shape index (κ3) is 3.28. The Bertz CT molecular complexity index is 164. The van der Waals surface area contributed by atoms with E-state index in [1.807, 2.05) is 13.8 Å². The molecule has 0 saturated carbocycles. The van der Waals surface area contributed by atoms with Crippen molar-refractivity contribution in [2.45, 2.75) is 20.8 Å². The summed E-state index contributed by atoms with van der Waals surface area (Å²) >= 11 is 0. The van der Waals surface area contributed by atoms with E-state index in [1.165, 1.54) is 13.2 Å². The summed E-state index contributed by atoms with van der Waals surface area (Å²) in [5.74, 6) is 0.0173. The van der Waals surface area contributed by atoms with Gasteiger partial charge >= 0.3 is 0 Å². The zero-order valence-electron chi connectivity index (χ0n) is 6.86. The van der Waals surface area contributed by atoms with Crippen LogP contribution in [0.2, 0.25) is 0 Å². The van der Waals surface area contributed by atoms with Crippen LogP contribution in [0.3, 0.4) is 0 Å². The van der Waals surface area contributed by atoms with Gasteiger partial charge in [-0.3, -0.25) is 0 Å². The van der Waals surface area contributed by atoms with Crippen molar-refractivity contribution in [2.24, 2.45) is 0 Å². The van der Waals surface area contributed by atoms with E-state index in [-0.39, 0.29) is 5.83 Å². The van der Waals surface area contributed by atoms with Gasteiger partial charge in [0, 0.05) is 0 Å². The molecule has 0 heterocycles. The smallest absolute Gasteiger partial charge is 0.160 e. The molecule has 0 rings (SSSR count). The number of allylic oxidation sites excluding steroid dienone is 4. The lowest BCUT2D eigenvalue weighted by molar-refractivity contribution is 0.280. The van der Waals surface area contributed by atoms with Gasteiger partial charge in [0.1, 0.15) is 5.76 Å². The third-order valence-corrected chi connectivity index (χ3v) is 1.06. The fourth-order valence-electron chi connectivity index (χ4n) is 0.453. The second kappa shape index (κ2) is 4.09.